The molecular weight excluding hydrogens is 106 g/mol. The molecule has 0 aliphatic heterocycles. The van der Waals surface area contributed by atoms with Crippen molar-refractivity contribution in [1.29, 1.82) is 5.26 Å². The van der Waals surface area contributed by atoms with E-state index in [1.807, 2.05) is 5.73 Å². The summed E-state index contributed by atoms with van der Waals surface area (Å²) in [6.45, 7) is 2.99. The topological polar surface area (TPSA) is 61.1 Å². The van der Waals surface area contributed by atoms with Crippen LogP contribution in [0.15, 0.2) is 17.9 Å². The molecule has 0 aromatic rings. The summed E-state index contributed by atoms with van der Waals surface area (Å²) in [5.41, 5.74) is 1.50. The SMILES string of the molecule is C=C=C(C#N)C(=O)O. The van der Waals surface area contributed by atoms with Crippen LogP contribution in [-0.2, 0) is 4.79 Å². The lowest BCUT2D eigenvalue weighted by atomic mass is 10.3. The normalized spacial score (nSPS) is 6.38. The molecular formula is C5H3NO2. The zero-order valence-electron chi connectivity index (χ0n) is 4.01. The average Bonchev–Trinajstić information content (AvgIpc) is 1.69. The van der Waals surface area contributed by atoms with E-state index in [2.05, 4.69) is 6.58 Å². The van der Waals surface area contributed by atoms with Crippen molar-refractivity contribution in [3.8, 4) is 6.07 Å². The van der Waals surface area contributed by atoms with Gasteiger partial charge in [-0.25, -0.2) is 4.79 Å². The van der Waals surface area contributed by atoms with E-state index in [-0.39, 0.29) is 0 Å². The Kier molecular flexibility index (Phi) is 2.12. The molecule has 8 heavy (non-hydrogen) atoms. The second kappa shape index (κ2) is 2.62. The van der Waals surface area contributed by atoms with Crippen molar-refractivity contribution in [3.63, 3.8) is 0 Å². The average molecular weight is 109 g/mol. The molecule has 0 spiro atoms. The number of carboxylic acid groups (broad SMARTS) is 1. The van der Waals surface area contributed by atoms with E-state index in [1.54, 1.807) is 0 Å². The maximum absolute atomic E-state index is 9.80. The molecule has 0 atom stereocenters. The Labute approximate surface area is 46.2 Å². The molecule has 0 unspecified atom stereocenters. The van der Waals surface area contributed by atoms with Gasteiger partial charge in [0.2, 0.25) is 0 Å². The van der Waals surface area contributed by atoms with E-state index in [0.717, 1.165) is 0 Å². The summed E-state index contributed by atoms with van der Waals surface area (Å²) in [5, 5.41) is 15.9. The number of hydrogen-bond acceptors (Lipinski definition) is 2. The maximum atomic E-state index is 9.80. The van der Waals surface area contributed by atoms with Crippen molar-refractivity contribution < 1.29 is 9.90 Å². The van der Waals surface area contributed by atoms with E-state index in [4.69, 9.17) is 10.4 Å². The molecule has 0 amide bonds. The van der Waals surface area contributed by atoms with Crippen LogP contribution in [0, 0.1) is 11.3 Å². The van der Waals surface area contributed by atoms with Crippen molar-refractivity contribution >= 4 is 5.97 Å². The third-order valence-electron chi connectivity index (χ3n) is 0.502. The smallest absolute Gasteiger partial charge is 0.354 e. The van der Waals surface area contributed by atoms with Gasteiger partial charge in [0.15, 0.2) is 5.57 Å². The third kappa shape index (κ3) is 1.29. The minimum absolute atomic E-state index is 0.454. The van der Waals surface area contributed by atoms with Crippen molar-refractivity contribution in [2.75, 3.05) is 0 Å². The largest absolute Gasteiger partial charge is 0.477 e. The fraction of sp³-hybridized carbons (Fsp3) is 0. The molecule has 0 aliphatic rings. The zero-order valence-corrected chi connectivity index (χ0v) is 4.01. The van der Waals surface area contributed by atoms with Gasteiger partial charge in [0.05, 0.1) is 0 Å². The standard InChI is InChI=1S/C5H3NO2/c1-2-4(3-6)5(7)8/h1H2,(H,7,8). The van der Waals surface area contributed by atoms with E-state index in [0.29, 0.717) is 0 Å². The molecule has 3 heteroatoms. The van der Waals surface area contributed by atoms with Gasteiger partial charge in [-0.3, -0.25) is 0 Å². The maximum Gasteiger partial charge on any atom is 0.354 e. The summed E-state index contributed by atoms with van der Waals surface area (Å²) in [6.07, 6.45) is 0. The Morgan fingerprint density at radius 1 is 1.75 bits per heavy atom. The van der Waals surface area contributed by atoms with Gasteiger partial charge in [-0.1, -0.05) is 6.58 Å². The first-order valence-electron chi connectivity index (χ1n) is 1.75. The van der Waals surface area contributed by atoms with Gasteiger partial charge in [-0.2, -0.15) is 5.26 Å². The molecule has 0 aliphatic carbocycles. The van der Waals surface area contributed by atoms with Crippen molar-refractivity contribution in [2.24, 2.45) is 0 Å². The number of rotatable bonds is 1. The van der Waals surface area contributed by atoms with Gasteiger partial charge < -0.3 is 5.11 Å². The van der Waals surface area contributed by atoms with Gasteiger partial charge >= 0.3 is 5.97 Å². The lowest BCUT2D eigenvalue weighted by Gasteiger charge is -1.77. The van der Waals surface area contributed by atoms with Crippen LogP contribution in [0.4, 0.5) is 0 Å². The van der Waals surface area contributed by atoms with Crippen molar-refractivity contribution in [1.82, 2.24) is 0 Å². The minimum Gasteiger partial charge on any atom is -0.477 e. The van der Waals surface area contributed by atoms with Crippen molar-refractivity contribution in [2.45, 2.75) is 0 Å². The highest BCUT2D eigenvalue weighted by Gasteiger charge is 2.00. The molecule has 0 fully saturated rings. The summed E-state index contributed by atoms with van der Waals surface area (Å²) < 4.78 is 0. The highest BCUT2D eigenvalue weighted by Crippen LogP contribution is 1.84. The molecule has 0 heterocycles. The molecule has 0 radical (unpaired) electrons. The number of carboxylic acids is 1. The molecule has 3 nitrogen and oxygen atoms in total. The molecule has 0 saturated carbocycles. The molecule has 0 aromatic heterocycles. The first-order chi connectivity index (χ1) is 3.72. The van der Waals surface area contributed by atoms with Gasteiger partial charge in [0.25, 0.3) is 0 Å². The minimum atomic E-state index is -1.29. The van der Waals surface area contributed by atoms with Crippen LogP contribution in [0.25, 0.3) is 0 Å². The van der Waals surface area contributed by atoms with Crippen LogP contribution in [0.3, 0.4) is 0 Å². The van der Waals surface area contributed by atoms with Gasteiger partial charge in [0, 0.05) is 0 Å². The molecule has 0 saturated heterocycles. The Hall–Kier alpha value is -1.52. The zero-order chi connectivity index (χ0) is 6.57. The predicted octanol–water partition coefficient (Wildman–Crippen LogP) is 0.306. The van der Waals surface area contributed by atoms with Crippen LogP contribution in [-0.4, -0.2) is 11.1 Å². The highest BCUT2D eigenvalue weighted by atomic mass is 16.4. The molecule has 0 bridgehead atoms. The van der Waals surface area contributed by atoms with Crippen LogP contribution < -0.4 is 0 Å². The monoisotopic (exact) mass is 109 g/mol. The van der Waals surface area contributed by atoms with Gasteiger partial charge in [-0.05, 0) is 0 Å². The fourth-order valence-electron chi connectivity index (χ4n) is 0.163. The van der Waals surface area contributed by atoms with Crippen LogP contribution in [0.2, 0.25) is 0 Å². The first kappa shape index (κ1) is 6.48. The molecule has 40 valence electrons. The summed E-state index contributed by atoms with van der Waals surface area (Å²) in [4.78, 5) is 9.80. The Bertz CT molecular complexity index is 193. The number of nitriles is 1. The second-order valence-electron chi connectivity index (χ2n) is 0.969. The van der Waals surface area contributed by atoms with Gasteiger partial charge in [-0.15, -0.1) is 5.73 Å². The van der Waals surface area contributed by atoms with E-state index < -0.39 is 11.5 Å². The fourth-order valence-corrected chi connectivity index (χ4v) is 0.163. The lowest BCUT2D eigenvalue weighted by molar-refractivity contribution is -0.132. The summed E-state index contributed by atoms with van der Waals surface area (Å²) in [5.74, 6) is -1.29. The Morgan fingerprint density at radius 2 is 2.25 bits per heavy atom. The first-order valence-corrected chi connectivity index (χ1v) is 1.75. The second-order valence-corrected chi connectivity index (χ2v) is 0.969. The third-order valence-corrected chi connectivity index (χ3v) is 0.502. The van der Waals surface area contributed by atoms with E-state index >= 15 is 0 Å². The number of carbonyl (C=O) groups is 1. The van der Waals surface area contributed by atoms with E-state index in [1.165, 1.54) is 6.07 Å². The summed E-state index contributed by atoms with van der Waals surface area (Å²) in [7, 11) is 0. The Balaban J connectivity index is 4.46. The van der Waals surface area contributed by atoms with Gasteiger partial charge in [0.1, 0.15) is 6.07 Å². The number of nitrogens with zero attached hydrogens (tertiary/aromatic N) is 1. The quantitative estimate of drug-likeness (QED) is 0.299. The van der Waals surface area contributed by atoms with Crippen LogP contribution >= 0.6 is 0 Å². The predicted molar refractivity (Wildman–Crippen MR) is 25.9 cm³/mol. The molecule has 1 N–H and O–H groups in total. The molecule has 0 aromatic carbocycles. The lowest BCUT2D eigenvalue weighted by Crippen LogP contribution is -1.95. The molecule has 0 rings (SSSR count). The number of aliphatic carboxylic acids is 1. The number of hydrogen-bond donors (Lipinski definition) is 1. The van der Waals surface area contributed by atoms with Crippen LogP contribution in [0.5, 0.6) is 0 Å². The summed E-state index contributed by atoms with van der Waals surface area (Å²) >= 11 is 0. The highest BCUT2D eigenvalue weighted by molar-refractivity contribution is 5.90. The Morgan fingerprint density at radius 3 is 2.25 bits per heavy atom. The van der Waals surface area contributed by atoms with Crippen molar-refractivity contribution in [3.05, 3.63) is 17.9 Å². The van der Waals surface area contributed by atoms with E-state index in [9.17, 15) is 4.79 Å². The summed E-state index contributed by atoms with van der Waals surface area (Å²) in [6, 6.07) is 1.39. The van der Waals surface area contributed by atoms with Crippen LogP contribution in [0.1, 0.15) is 0 Å².